The Morgan fingerprint density at radius 3 is 3.05 bits per heavy atom. The van der Waals surface area contributed by atoms with Crippen molar-refractivity contribution in [1.29, 1.82) is 0 Å². The fraction of sp³-hybridized carbons (Fsp3) is 0.143. The molecule has 2 heterocycles. The number of anilines is 1. The number of nitrogens with one attached hydrogen (secondary N) is 1. The predicted octanol–water partition coefficient (Wildman–Crippen LogP) is 3.44. The highest BCUT2D eigenvalue weighted by Gasteiger charge is 2.03. The van der Waals surface area contributed by atoms with Crippen LogP contribution in [0.4, 0.5) is 5.69 Å². The largest absolute Gasteiger partial charge is 0.379 e. The number of benzene rings is 1. The molecule has 6 heteroatoms. The Hall–Kier alpha value is -1.66. The zero-order chi connectivity index (χ0) is 14.1. The van der Waals surface area contributed by atoms with Gasteiger partial charge in [0.2, 0.25) is 0 Å². The number of nitrogens with zero attached hydrogens (tertiary/aromatic N) is 2. The molecule has 0 amide bonds. The molecule has 102 valence electrons. The molecule has 4 nitrogen and oxygen atoms in total. The van der Waals surface area contributed by atoms with Gasteiger partial charge in [-0.3, -0.25) is 9.20 Å². The van der Waals surface area contributed by atoms with Gasteiger partial charge in [0.1, 0.15) is 0 Å². The second-order valence-corrected chi connectivity index (χ2v) is 6.19. The van der Waals surface area contributed by atoms with Crippen LogP contribution in [0.25, 0.3) is 4.96 Å². The van der Waals surface area contributed by atoms with E-state index in [0.29, 0.717) is 6.54 Å². The maximum Gasteiger partial charge on any atom is 0.258 e. The molecule has 0 atom stereocenters. The Labute approximate surface area is 128 Å². The Kier molecular flexibility index (Phi) is 3.58. The highest BCUT2D eigenvalue weighted by molar-refractivity contribution is 9.10. The number of aryl methyl sites for hydroxylation is 1. The number of hydrogen-bond donors (Lipinski definition) is 1. The van der Waals surface area contributed by atoms with Gasteiger partial charge in [-0.1, -0.05) is 15.9 Å². The molecule has 0 fully saturated rings. The van der Waals surface area contributed by atoms with Gasteiger partial charge in [-0.25, -0.2) is 4.98 Å². The Morgan fingerprint density at radius 1 is 1.40 bits per heavy atom. The van der Waals surface area contributed by atoms with Crippen molar-refractivity contribution in [3.63, 3.8) is 0 Å². The van der Waals surface area contributed by atoms with Gasteiger partial charge in [0.25, 0.3) is 5.56 Å². The van der Waals surface area contributed by atoms with Crippen LogP contribution in [0.2, 0.25) is 0 Å². The highest BCUT2D eigenvalue weighted by atomic mass is 79.9. The second kappa shape index (κ2) is 5.38. The SMILES string of the molecule is Cc1cc(NCc2cc(=O)n3ccsc3n2)ccc1Br. The summed E-state index contributed by atoms with van der Waals surface area (Å²) < 4.78 is 2.64. The first-order chi connectivity index (χ1) is 9.63. The van der Waals surface area contributed by atoms with Crippen molar-refractivity contribution < 1.29 is 0 Å². The number of halogens is 1. The summed E-state index contributed by atoms with van der Waals surface area (Å²) in [4.78, 5) is 17.1. The van der Waals surface area contributed by atoms with E-state index < -0.39 is 0 Å². The van der Waals surface area contributed by atoms with Gasteiger partial charge in [-0.2, -0.15) is 0 Å². The summed E-state index contributed by atoms with van der Waals surface area (Å²) in [6, 6.07) is 7.62. The van der Waals surface area contributed by atoms with Gasteiger partial charge in [0, 0.05) is 27.8 Å². The minimum absolute atomic E-state index is 0.0416. The van der Waals surface area contributed by atoms with Crippen LogP contribution in [0.1, 0.15) is 11.3 Å². The monoisotopic (exact) mass is 349 g/mol. The van der Waals surface area contributed by atoms with E-state index in [4.69, 9.17) is 0 Å². The molecule has 1 aromatic carbocycles. The summed E-state index contributed by atoms with van der Waals surface area (Å²) in [6.45, 7) is 2.57. The molecule has 2 aromatic heterocycles. The van der Waals surface area contributed by atoms with Crippen molar-refractivity contribution in [1.82, 2.24) is 9.38 Å². The zero-order valence-corrected chi connectivity index (χ0v) is 13.2. The third kappa shape index (κ3) is 2.62. The lowest BCUT2D eigenvalue weighted by atomic mass is 10.2. The first kappa shape index (κ1) is 13.3. The van der Waals surface area contributed by atoms with E-state index in [-0.39, 0.29) is 5.56 Å². The molecule has 0 aliphatic carbocycles. The topological polar surface area (TPSA) is 46.4 Å². The first-order valence-electron chi connectivity index (χ1n) is 6.09. The molecule has 0 radical (unpaired) electrons. The maximum atomic E-state index is 11.9. The van der Waals surface area contributed by atoms with Crippen LogP contribution in [-0.2, 0) is 6.54 Å². The number of thiazole rings is 1. The normalized spacial score (nSPS) is 10.9. The molecule has 3 aromatic rings. The van der Waals surface area contributed by atoms with E-state index in [1.165, 1.54) is 11.3 Å². The van der Waals surface area contributed by atoms with Crippen molar-refractivity contribution in [3.05, 3.63) is 61.9 Å². The van der Waals surface area contributed by atoms with Gasteiger partial charge < -0.3 is 5.32 Å². The standard InChI is InChI=1S/C14H12BrN3OS/c1-9-6-10(2-3-12(9)15)16-8-11-7-13(19)18-4-5-20-14(18)17-11/h2-7,16H,8H2,1H3. The molecular formula is C14H12BrN3OS. The van der Waals surface area contributed by atoms with Crippen LogP contribution in [-0.4, -0.2) is 9.38 Å². The van der Waals surface area contributed by atoms with Crippen LogP contribution in [0.3, 0.4) is 0 Å². The van der Waals surface area contributed by atoms with Gasteiger partial charge in [0.05, 0.1) is 12.2 Å². The summed E-state index contributed by atoms with van der Waals surface area (Å²) in [7, 11) is 0. The smallest absolute Gasteiger partial charge is 0.258 e. The van der Waals surface area contributed by atoms with Crippen LogP contribution in [0.5, 0.6) is 0 Å². The van der Waals surface area contributed by atoms with E-state index >= 15 is 0 Å². The van der Waals surface area contributed by atoms with Gasteiger partial charge >= 0.3 is 0 Å². The minimum atomic E-state index is -0.0416. The van der Waals surface area contributed by atoms with E-state index in [0.717, 1.165) is 26.4 Å². The summed E-state index contributed by atoms with van der Waals surface area (Å²) in [5, 5.41) is 5.15. The third-order valence-electron chi connectivity index (χ3n) is 2.99. The van der Waals surface area contributed by atoms with Crippen molar-refractivity contribution in [2.75, 3.05) is 5.32 Å². The average Bonchev–Trinajstić information content (AvgIpc) is 2.89. The Balaban J connectivity index is 1.82. The molecule has 0 aliphatic rings. The van der Waals surface area contributed by atoms with Crippen molar-refractivity contribution >= 4 is 37.9 Å². The fourth-order valence-corrected chi connectivity index (χ4v) is 2.91. The molecule has 0 unspecified atom stereocenters. The number of rotatable bonds is 3. The van der Waals surface area contributed by atoms with E-state index in [9.17, 15) is 4.79 Å². The second-order valence-electron chi connectivity index (χ2n) is 4.46. The fourth-order valence-electron chi connectivity index (χ4n) is 1.93. The van der Waals surface area contributed by atoms with Crippen molar-refractivity contribution in [3.8, 4) is 0 Å². The molecule has 1 N–H and O–H groups in total. The van der Waals surface area contributed by atoms with Crippen LogP contribution in [0, 0.1) is 6.92 Å². The summed E-state index contributed by atoms with van der Waals surface area (Å²) >= 11 is 4.93. The lowest BCUT2D eigenvalue weighted by Gasteiger charge is -2.07. The highest BCUT2D eigenvalue weighted by Crippen LogP contribution is 2.20. The van der Waals surface area contributed by atoms with E-state index in [1.54, 1.807) is 16.7 Å². The molecule has 0 saturated carbocycles. The zero-order valence-electron chi connectivity index (χ0n) is 10.8. The maximum absolute atomic E-state index is 11.9. The summed E-state index contributed by atoms with van der Waals surface area (Å²) in [5.41, 5.74) is 2.88. The average molecular weight is 350 g/mol. The first-order valence-corrected chi connectivity index (χ1v) is 7.76. The van der Waals surface area contributed by atoms with Crippen LogP contribution >= 0.6 is 27.3 Å². The summed E-state index contributed by atoms with van der Waals surface area (Å²) in [5.74, 6) is 0. The molecule has 0 bridgehead atoms. The molecule has 3 rings (SSSR count). The number of hydrogen-bond acceptors (Lipinski definition) is 4. The molecule has 0 saturated heterocycles. The lowest BCUT2D eigenvalue weighted by Crippen LogP contribution is -2.14. The molecule has 0 aliphatic heterocycles. The predicted molar refractivity (Wildman–Crippen MR) is 85.5 cm³/mol. The molecular weight excluding hydrogens is 338 g/mol. The number of aromatic nitrogens is 2. The number of fused-ring (bicyclic) bond motifs is 1. The molecule has 20 heavy (non-hydrogen) atoms. The van der Waals surface area contributed by atoms with Gasteiger partial charge in [0.15, 0.2) is 4.96 Å². The Bertz CT molecular complexity index is 825. The third-order valence-corrected chi connectivity index (χ3v) is 4.63. The van der Waals surface area contributed by atoms with Crippen molar-refractivity contribution in [2.24, 2.45) is 0 Å². The quantitative estimate of drug-likeness (QED) is 0.787. The van der Waals surface area contributed by atoms with Crippen molar-refractivity contribution in [2.45, 2.75) is 13.5 Å². The molecule has 0 spiro atoms. The summed E-state index contributed by atoms with van der Waals surface area (Å²) in [6.07, 6.45) is 1.74. The Morgan fingerprint density at radius 2 is 2.25 bits per heavy atom. The lowest BCUT2D eigenvalue weighted by molar-refractivity contribution is 0.989. The van der Waals surface area contributed by atoms with Crippen LogP contribution in [0.15, 0.2) is 45.1 Å². The van der Waals surface area contributed by atoms with E-state index in [1.807, 2.05) is 24.4 Å². The van der Waals surface area contributed by atoms with Gasteiger partial charge in [-0.15, -0.1) is 11.3 Å². The minimum Gasteiger partial charge on any atom is -0.379 e. The van der Waals surface area contributed by atoms with Gasteiger partial charge in [-0.05, 0) is 30.7 Å². The van der Waals surface area contributed by atoms with Crippen LogP contribution < -0.4 is 10.9 Å². The van der Waals surface area contributed by atoms with E-state index in [2.05, 4.69) is 32.3 Å².